The Balaban J connectivity index is 1.44. The molecule has 176 valence electrons. The molecule has 35 heavy (non-hydrogen) atoms. The Morgan fingerprint density at radius 2 is 1.97 bits per heavy atom. The molecule has 1 saturated heterocycles. The van der Waals surface area contributed by atoms with Crippen molar-refractivity contribution in [3.63, 3.8) is 0 Å². The van der Waals surface area contributed by atoms with Gasteiger partial charge in [0.05, 0.1) is 16.9 Å². The van der Waals surface area contributed by atoms with E-state index in [2.05, 4.69) is 52.8 Å². The van der Waals surface area contributed by atoms with Crippen LogP contribution in [-0.4, -0.2) is 53.5 Å². The molecule has 0 aliphatic carbocycles. The van der Waals surface area contributed by atoms with Crippen LogP contribution in [0.1, 0.15) is 46.7 Å². The predicted molar refractivity (Wildman–Crippen MR) is 143 cm³/mol. The average Bonchev–Trinajstić information content (AvgIpc) is 3.20. The van der Waals surface area contributed by atoms with Gasteiger partial charge in [0.25, 0.3) is 5.91 Å². The molecule has 1 fully saturated rings. The molecule has 2 N–H and O–H groups in total. The quantitative estimate of drug-likeness (QED) is 0.401. The second kappa shape index (κ2) is 8.63. The standard InChI is InChI=1S/C28H27N5OS/c1-4-19-13-18(14-23(31-19)17-9-11-33(3)12-10-17)21-6-5-20-22(32-21)7-8-24-25(20)26-27(35-24)28(34)30-16(2)15-29-26/h1,5-8,13-14,16-17,29H,9-12,15H2,2-3H3,(H,30,34)/t16-/m1/s1. The fraction of sp³-hybridized carbons (Fsp3) is 0.321. The van der Waals surface area contributed by atoms with E-state index in [9.17, 15) is 4.79 Å². The lowest BCUT2D eigenvalue weighted by atomic mass is 9.92. The van der Waals surface area contributed by atoms with Crippen LogP contribution in [0.4, 0.5) is 5.69 Å². The third kappa shape index (κ3) is 3.93. The van der Waals surface area contributed by atoms with Crippen LogP contribution < -0.4 is 10.6 Å². The van der Waals surface area contributed by atoms with Crippen LogP contribution >= 0.6 is 11.3 Å². The van der Waals surface area contributed by atoms with E-state index in [1.54, 1.807) is 0 Å². The van der Waals surface area contributed by atoms with E-state index in [1.807, 2.05) is 19.1 Å². The maximum atomic E-state index is 12.7. The first-order valence-corrected chi connectivity index (χ1v) is 12.9. The Morgan fingerprint density at radius 1 is 1.14 bits per heavy atom. The largest absolute Gasteiger partial charge is 0.381 e. The van der Waals surface area contributed by atoms with Gasteiger partial charge in [-0.05, 0) is 76.3 Å². The molecule has 7 heteroatoms. The van der Waals surface area contributed by atoms with Crippen molar-refractivity contribution in [2.45, 2.75) is 31.7 Å². The predicted octanol–water partition coefficient (Wildman–Crippen LogP) is 4.85. The van der Waals surface area contributed by atoms with Crippen molar-refractivity contribution < 1.29 is 4.79 Å². The third-order valence-electron chi connectivity index (χ3n) is 7.12. The summed E-state index contributed by atoms with van der Waals surface area (Å²) in [7, 11) is 2.16. The topological polar surface area (TPSA) is 70.2 Å². The number of amides is 1. The first-order valence-electron chi connectivity index (χ1n) is 12.1. The number of thiophene rings is 1. The van der Waals surface area contributed by atoms with E-state index in [4.69, 9.17) is 16.4 Å². The van der Waals surface area contributed by atoms with E-state index in [0.717, 1.165) is 74.4 Å². The van der Waals surface area contributed by atoms with Gasteiger partial charge >= 0.3 is 0 Å². The first kappa shape index (κ1) is 22.0. The van der Waals surface area contributed by atoms with E-state index >= 15 is 0 Å². The number of anilines is 1. The zero-order valence-corrected chi connectivity index (χ0v) is 20.7. The molecule has 0 spiro atoms. The van der Waals surface area contributed by atoms with Crippen molar-refractivity contribution in [2.24, 2.45) is 0 Å². The summed E-state index contributed by atoms with van der Waals surface area (Å²) in [4.78, 5) is 25.6. The number of piperidine rings is 1. The zero-order valence-electron chi connectivity index (χ0n) is 19.9. The normalized spacial score (nSPS) is 19.1. The molecule has 6 rings (SSSR count). The number of pyridine rings is 2. The molecule has 0 saturated carbocycles. The number of likely N-dealkylation sites (tertiary alicyclic amines) is 1. The molecule has 0 unspecified atom stereocenters. The van der Waals surface area contributed by atoms with Crippen molar-refractivity contribution in [1.82, 2.24) is 20.2 Å². The second-order valence-electron chi connectivity index (χ2n) is 9.65. The van der Waals surface area contributed by atoms with Gasteiger partial charge < -0.3 is 15.5 Å². The summed E-state index contributed by atoms with van der Waals surface area (Å²) in [5.41, 5.74) is 5.41. The molecule has 2 aliphatic rings. The van der Waals surface area contributed by atoms with Gasteiger partial charge in [0, 0.05) is 45.2 Å². The van der Waals surface area contributed by atoms with Gasteiger partial charge in [0.2, 0.25) is 0 Å². The Labute approximate surface area is 208 Å². The summed E-state index contributed by atoms with van der Waals surface area (Å²) < 4.78 is 1.08. The number of benzene rings is 1. The van der Waals surface area contributed by atoms with E-state index < -0.39 is 0 Å². The lowest BCUT2D eigenvalue weighted by Crippen LogP contribution is -2.34. The molecule has 1 amide bonds. The van der Waals surface area contributed by atoms with Gasteiger partial charge in [-0.2, -0.15) is 0 Å². The minimum atomic E-state index is -0.0172. The van der Waals surface area contributed by atoms with Crippen molar-refractivity contribution in [1.29, 1.82) is 0 Å². The monoisotopic (exact) mass is 481 g/mol. The van der Waals surface area contributed by atoms with Gasteiger partial charge in [0.1, 0.15) is 10.6 Å². The fourth-order valence-corrected chi connectivity index (χ4v) is 6.27. The Kier molecular flexibility index (Phi) is 5.43. The van der Waals surface area contributed by atoms with Gasteiger partial charge in [-0.1, -0.05) is 5.92 Å². The third-order valence-corrected chi connectivity index (χ3v) is 8.27. The number of terminal acetylenes is 1. The maximum Gasteiger partial charge on any atom is 0.263 e. The molecule has 4 aromatic rings. The molecule has 3 aromatic heterocycles. The van der Waals surface area contributed by atoms with Crippen molar-refractivity contribution in [2.75, 3.05) is 32.0 Å². The summed E-state index contributed by atoms with van der Waals surface area (Å²) >= 11 is 1.53. The van der Waals surface area contributed by atoms with Gasteiger partial charge in [0.15, 0.2) is 0 Å². The number of fused-ring (bicyclic) bond motifs is 5. The summed E-state index contributed by atoms with van der Waals surface area (Å²) in [5, 5.41) is 8.65. The highest BCUT2D eigenvalue weighted by Gasteiger charge is 2.25. The summed E-state index contributed by atoms with van der Waals surface area (Å²) in [6, 6.07) is 12.5. The van der Waals surface area contributed by atoms with E-state index in [1.165, 1.54) is 11.3 Å². The maximum absolute atomic E-state index is 12.7. The SMILES string of the molecule is C#Cc1cc(-c2ccc3c(ccc4sc5c(c43)NC[C@@H](C)NC5=O)n2)cc(C2CCN(C)CC2)n1. The minimum Gasteiger partial charge on any atom is -0.381 e. The number of rotatable bonds is 2. The van der Waals surface area contributed by atoms with Crippen molar-refractivity contribution in [3.8, 4) is 23.6 Å². The molecule has 0 radical (unpaired) electrons. The number of nitrogens with zero attached hydrogens (tertiary/aromatic N) is 3. The van der Waals surface area contributed by atoms with Gasteiger partial charge in [-0.15, -0.1) is 17.8 Å². The minimum absolute atomic E-state index is 0.0172. The van der Waals surface area contributed by atoms with Crippen molar-refractivity contribution in [3.05, 3.63) is 52.7 Å². The molecule has 6 nitrogen and oxygen atoms in total. The van der Waals surface area contributed by atoms with Crippen LogP contribution in [-0.2, 0) is 0 Å². The van der Waals surface area contributed by atoms with Crippen LogP contribution in [0.2, 0.25) is 0 Å². The fourth-order valence-electron chi connectivity index (χ4n) is 5.17. The molecular weight excluding hydrogens is 454 g/mol. The highest BCUT2D eigenvalue weighted by atomic mass is 32.1. The van der Waals surface area contributed by atoms with Gasteiger partial charge in [-0.3, -0.25) is 4.79 Å². The molecule has 1 atom stereocenters. The number of nitrogens with one attached hydrogen (secondary N) is 2. The zero-order chi connectivity index (χ0) is 24.1. The Bertz CT molecular complexity index is 1510. The molecule has 0 bridgehead atoms. The Hall–Kier alpha value is -3.47. The lowest BCUT2D eigenvalue weighted by Gasteiger charge is -2.28. The van der Waals surface area contributed by atoms with E-state index in [-0.39, 0.29) is 11.9 Å². The number of carbonyl (C=O) groups is 1. The average molecular weight is 482 g/mol. The smallest absolute Gasteiger partial charge is 0.263 e. The Morgan fingerprint density at radius 3 is 2.77 bits per heavy atom. The molecule has 2 aliphatic heterocycles. The van der Waals surface area contributed by atoms with Crippen LogP contribution in [0.3, 0.4) is 0 Å². The van der Waals surface area contributed by atoms with Crippen LogP contribution in [0.5, 0.6) is 0 Å². The molecule has 5 heterocycles. The molecule has 1 aromatic carbocycles. The number of aromatic nitrogens is 2. The first-order chi connectivity index (χ1) is 17.0. The highest BCUT2D eigenvalue weighted by Crippen LogP contribution is 2.41. The van der Waals surface area contributed by atoms with Crippen LogP contribution in [0.25, 0.3) is 32.2 Å². The van der Waals surface area contributed by atoms with Crippen LogP contribution in [0, 0.1) is 12.3 Å². The highest BCUT2D eigenvalue weighted by molar-refractivity contribution is 7.21. The van der Waals surface area contributed by atoms with Gasteiger partial charge in [-0.25, -0.2) is 9.97 Å². The number of hydrogen-bond donors (Lipinski definition) is 2. The summed E-state index contributed by atoms with van der Waals surface area (Å²) in [6.45, 7) is 4.84. The lowest BCUT2D eigenvalue weighted by molar-refractivity contribution is 0.0949. The summed E-state index contributed by atoms with van der Waals surface area (Å²) in [5.74, 6) is 3.14. The van der Waals surface area contributed by atoms with Crippen LogP contribution in [0.15, 0.2) is 36.4 Å². The summed E-state index contributed by atoms with van der Waals surface area (Å²) in [6.07, 6.45) is 7.95. The number of carbonyl (C=O) groups excluding carboxylic acids is 1. The number of hydrogen-bond acceptors (Lipinski definition) is 6. The second-order valence-corrected chi connectivity index (χ2v) is 10.7. The molecular formula is C28H27N5OS. The van der Waals surface area contributed by atoms with E-state index in [0.29, 0.717) is 18.2 Å². The van der Waals surface area contributed by atoms with Crippen molar-refractivity contribution >= 4 is 43.9 Å².